The fraction of sp³-hybridized carbons (Fsp3) is 0.556. The van der Waals surface area contributed by atoms with E-state index in [0.717, 1.165) is 30.8 Å². The van der Waals surface area contributed by atoms with Crippen molar-refractivity contribution in [3.8, 4) is 5.75 Å². The van der Waals surface area contributed by atoms with Crippen molar-refractivity contribution in [3.63, 3.8) is 0 Å². The second kappa shape index (κ2) is 11.0. The van der Waals surface area contributed by atoms with Gasteiger partial charge in [0, 0.05) is 6.61 Å². The van der Waals surface area contributed by atoms with Crippen molar-refractivity contribution in [2.75, 3.05) is 13.7 Å². The zero-order valence-electron chi connectivity index (χ0n) is 13.7. The molecule has 0 aromatic heterocycles. The van der Waals surface area contributed by atoms with Crippen molar-refractivity contribution in [2.24, 2.45) is 11.8 Å². The highest BCUT2D eigenvalue weighted by Gasteiger charge is 2.15. The summed E-state index contributed by atoms with van der Waals surface area (Å²) in [5, 5.41) is 9.80. The van der Waals surface area contributed by atoms with E-state index in [2.05, 4.69) is 36.4 Å². The number of benzene rings is 1. The second-order valence-electron chi connectivity index (χ2n) is 5.77. The van der Waals surface area contributed by atoms with Crippen molar-refractivity contribution in [2.45, 2.75) is 39.4 Å². The largest absolute Gasteiger partial charge is 0.497 e. The Balaban J connectivity index is 2.22. The minimum absolute atomic E-state index is 0.338. The van der Waals surface area contributed by atoms with Gasteiger partial charge in [-0.1, -0.05) is 54.6 Å². The Bertz CT molecular complexity index is 430. The predicted octanol–water partition coefficient (Wildman–Crippen LogP) is 4.57. The first-order valence-electron chi connectivity index (χ1n) is 7.72. The Morgan fingerprint density at radius 3 is 2.45 bits per heavy atom. The van der Waals surface area contributed by atoms with Gasteiger partial charge in [0.05, 0.1) is 19.8 Å². The molecule has 0 aliphatic carbocycles. The van der Waals surface area contributed by atoms with Crippen molar-refractivity contribution < 1.29 is 14.6 Å². The third kappa shape index (κ3) is 7.61. The summed E-state index contributed by atoms with van der Waals surface area (Å²) in [6.07, 6.45) is 3.32. The molecule has 0 aliphatic heterocycles. The summed E-state index contributed by atoms with van der Waals surface area (Å²) in [6, 6.07) is 7.95. The molecule has 22 heavy (non-hydrogen) atoms. The number of methoxy groups -OCH3 is 1. The van der Waals surface area contributed by atoms with Gasteiger partial charge < -0.3 is 14.6 Å². The summed E-state index contributed by atoms with van der Waals surface area (Å²) in [7, 11) is 1.67. The minimum Gasteiger partial charge on any atom is -0.497 e. The van der Waals surface area contributed by atoms with Crippen LogP contribution >= 0.6 is 22.6 Å². The van der Waals surface area contributed by atoms with E-state index in [0.29, 0.717) is 18.4 Å². The SMILES string of the molecule is COc1ccc(COCC[C@H](C)[C@H](C)C[C@@H](O)/C=C/I)cc1. The number of hydrogen-bond donors (Lipinski definition) is 1. The lowest BCUT2D eigenvalue weighted by atomic mass is 9.88. The molecule has 0 bridgehead atoms. The Kier molecular flexibility index (Phi) is 9.75. The van der Waals surface area contributed by atoms with Gasteiger partial charge in [0.25, 0.3) is 0 Å². The van der Waals surface area contributed by atoms with Crippen LogP contribution in [0.1, 0.15) is 32.3 Å². The van der Waals surface area contributed by atoms with Crippen molar-refractivity contribution >= 4 is 22.6 Å². The van der Waals surface area contributed by atoms with E-state index in [4.69, 9.17) is 9.47 Å². The van der Waals surface area contributed by atoms with Crippen LogP contribution in [0.2, 0.25) is 0 Å². The van der Waals surface area contributed by atoms with Crippen LogP contribution in [0.15, 0.2) is 34.4 Å². The van der Waals surface area contributed by atoms with E-state index in [1.165, 1.54) is 0 Å². The summed E-state index contributed by atoms with van der Waals surface area (Å²) in [4.78, 5) is 0. The number of ether oxygens (including phenoxy) is 2. The first-order chi connectivity index (χ1) is 10.6. The number of aliphatic hydroxyl groups is 1. The first-order valence-corrected chi connectivity index (χ1v) is 8.97. The molecule has 124 valence electrons. The number of aliphatic hydroxyl groups excluding tert-OH is 1. The van der Waals surface area contributed by atoms with Gasteiger partial charge in [-0.25, -0.2) is 0 Å². The Morgan fingerprint density at radius 2 is 1.86 bits per heavy atom. The molecule has 1 aromatic rings. The van der Waals surface area contributed by atoms with Crippen molar-refractivity contribution in [3.05, 3.63) is 40.0 Å². The zero-order valence-corrected chi connectivity index (χ0v) is 15.8. The number of halogens is 1. The van der Waals surface area contributed by atoms with Gasteiger partial charge in [-0.2, -0.15) is 0 Å². The molecule has 1 rings (SSSR count). The molecular weight excluding hydrogens is 391 g/mol. The number of hydrogen-bond acceptors (Lipinski definition) is 3. The smallest absolute Gasteiger partial charge is 0.118 e. The summed E-state index contributed by atoms with van der Waals surface area (Å²) in [5.74, 6) is 1.88. The summed E-state index contributed by atoms with van der Waals surface area (Å²) in [5.41, 5.74) is 1.16. The highest BCUT2D eigenvalue weighted by atomic mass is 127. The van der Waals surface area contributed by atoms with E-state index in [1.54, 1.807) is 7.11 Å². The second-order valence-corrected chi connectivity index (χ2v) is 6.48. The average molecular weight is 418 g/mol. The summed E-state index contributed by atoms with van der Waals surface area (Å²) < 4.78 is 12.8. The lowest BCUT2D eigenvalue weighted by Gasteiger charge is -2.21. The fourth-order valence-electron chi connectivity index (χ4n) is 2.24. The van der Waals surface area contributed by atoms with Crippen LogP contribution in [0.3, 0.4) is 0 Å². The Hall–Kier alpha value is -0.590. The highest BCUT2D eigenvalue weighted by Crippen LogP contribution is 2.21. The molecule has 4 heteroatoms. The number of rotatable bonds is 10. The molecule has 0 radical (unpaired) electrons. The standard InChI is InChI=1S/C18H27IO3/c1-14(15(2)12-17(20)8-10-19)9-11-22-13-16-4-6-18(21-3)7-5-16/h4-8,10,14-15,17,20H,9,11-13H2,1-3H3/b10-8+/t14-,15+,17-/m0/s1. The van der Waals surface area contributed by atoms with Crippen molar-refractivity contribution in [1.29, 1.82) is 0 Å². The van der Waals surface area contributed by atoms with Gasteiger partial charge in [-0.3, -0.25) is 0 Å². The quantitative estimate of drug-likeness (QED) is 0.447. The molecule has 1 aromatic carbocycles. The van der Waals surface area contributed by atoms with E-state index in [9.17, 15) is 5.11 Å². The van der Waals surface area contributed by atoms with Gasteiger partial charge in [-0.05, 0) is 46.5 Å². The molecule has 3 atom stereocenters. The molecule has 0 amide bonds. The fourth-order valence-corrected chi connectivity index (χ4v) is 2.72. The summed E-state index contributed by atoms with van der Waals surface area (Å²) in [6.45, 7) is 5.79. The maximum atomic E-state index is 9.80. The van der Waals surface area contributed by atoms with E-state index < -0.39 is 0 Å². The third-order valence-corrected chi connectivity index (χ3v) is 4.44. The van der Waals surface area contributed by atoms with E-state index in [-0.39, 0.29) is 6.10 Å². The van der Waals surface area contributed by atoms with Crippen LogP contribution < -0.4 is 4.74 Å². The lowest BCUT2D eigenvalue weighted by Crippen LogP contribution is -2.16. The normalized spacial score (nSPS) is 15.7. The Morgan fingerprint density at radius 1 is 1.18 bits per heavy atom. The minimum atomic E-state index is -0.338. The monoisotopic (exact) mass is 418 g/mol. The van der Waals surface area contributed by atoms with E-state index in [1.807, 2.05) is 34.4 Å². The molecule has 0 fully saturated rings. The molecule has 0 saturated heterocycles. The van der Waals surface area contributed by atoms with Gasteiger partial charge >= 0.3 is 0 Å². The van der Waals surface area contributed by atoms with Gasteiger partial charge in [0.2, 0.25) is 0 Å². The molecule has 1 N–H and O–H groups in total. The van der Waals surface area contributed by atoms with E-state index >= 15 is 0 Å². The predicted molar refractivity (Wildman–Crippen MR) is 99.4 cm³/mol. The topological polar surface area (TPSA) is 38.7 Å². The molecule has 0 saturated carbocycles. The van der Waals surface area contributed by atoms with Crippen LogP contribution in [-0.4, -0.2) is 24.9 Å². The molecule has 3 nitrogen and oxygen atoms in total. The van der Waals surface area contributed by atoms with Gasteiger partial charge in [-0.15, -0.1) is 0 Å². The first kappa shape index (κ1) is 19.5. The van der Waals surface area contributed by atoms with Crippen LogP contribution in [0, 0.1) is 11.8 Å². The maximum Gasteiger partial charge on any atom is 0.118 e. The van der Waals surface area contributed by atoms with Gasteiger partial charge in [0.1, 0.15) is 5.75 Å². The van der Waals surface area contributed by atoms with Crippen LogP contribution in [0.4, 0.5) is 0 Å². The van der Waals surface area contributed by atoms with Crippen LogP contribution in [-0.2, 0) is 11.3 Å². The van der Waals surface area contributed by atoms with Gasteiger partial charge in [0.15, 0.2) is 0 Å². The summed E-state index contributed by atoms with van der Waals surface area (Å²) >= 11 is 2.14. The zero-order chi connectivity index (χ0) is 16.4. The van der Waals surface area contributed by atoms with Crippen LogP contribution in [0.25, 0.3) is 0 Å². The molecular formula is C18H27IO3. The highest BCUT2D eigenvalue weighted by molar-refractivity contribution is 14.1. The molecule has 0 spiro atoms. The lowest BCUT2D eigenvalue weighted by molar-refractivity contribution is 0.0955. The molecule has 0 aliphatic rings. The average Bonchev–Trinajstić information content (AvgIpc) is 2.52. The Labute approximate surface area is 147 Å². The maximum absolute atomic E-state index is 9.80. The molecule has 0 unspecified atom stereocenters. The van der Waals surface area contributed by atoms with Crippen LogP contribution in [0.5, 0.6) is 5.75 Å². The van der Waals surface area contributed by atoms with Crippen molar-refractivity contribution in [1.82, 2.24) is 0 Å². The third-order valence-electron chi connectivity index (χ3n) is 4.02. The molecule has 0 heterocycles.